The standard InChI is InChI=1S/C19H26ClN7O3S/c1-11(2)13(10-28)21-17-16-12(3-8-31(16)30)22-19(23-17)27-6-4-26(5-7-27)14-9-15(20)24-25-18(14)29/h9,11,13,28H,3-8,10H2,1-2H3,(H,25,29)(H,21,22,23)/t13?,31-/m0/s1. The number of aliphatic hydroxyl groups excluding tert-OH is 1. The van der Waals surface area contributed by atoms with Crippen molar-refractivity contribution < 1.29 is 9.32 Å². The number of rotatable bonds is 6. The number of H-pyrrole nitrogens is 1. The number of aryl methyl sites for hydroxylation is 1. The van der Waals surface area contributed by atoms with E-state index in [1.807, 2.05) is 18.7 Å². The number of fused-ring (bicyclic) bond motifs is 1. The molecule has 2 aliphatic rings. The Hall–Kier alpha value is -2.24. The van der Waals surface area contributed by atoms with Crippen molar-refractivity contribution >= 4 is 39.9 Å². The summed E-state index contributed by atoms with van der Waals surface area (Å²) in [5, 5.41) is 19.4. The Morgan fingerprint density at radius 2 is 1.97 bits per heavy atom. The van der Waals surface area contributed by atoms with Gasteiger partial charge in [-0.1, -0.05) is 25.4 Å². The minimum atomic E-state index is -1.14. The molecule has 4 rings (SSSR count). The molecule has 10 nitrogen and oxygen atoms in total. The average molecular weight is 468 g/mol. The average Bonchev–Trinajstić information content (AvgIpc) is 3.14. The lowest BCUT2D eigenvalue weighted by atomic mass is 10.1. The smallest absolute Gasteiger partial charge is 0.287 e. The predicted octanol–water partition coefficient (Wildman–Crippen LogP) is 0.632. The van der Waals surface area contributed by atoms with Crippen molar-refractivity contribution in [3.05, 3.63) is 27.3 Å². The third-order valence-corrected chi connectivity index (χ3v) is 7.31. The zero-order chi connectivity index (χ0) is 22.1. The van der Waals surface area contributed by atoms with Crippen LogP contribution in [0.5, 0.6) is 0 Å². The third kappa shape index (κ3) is 4.53. The molecule has 0 amide bonds. The molecule has 1 saturated heterocycles. The molecule has 0 bridgehead atoms. The van der Waals surface area contributed by atoms with Gasteiger partial charge in [-0.3, -0.25) is 9.00 Å². The molecule has 2 atom stereocenters. The van der Waals surface area contributed by atoms with E-state index in [0.717, 1.165) is 5.69 Å². The summed E-state index contributed by atoms with van der Waals surface area (Å²) >= 11 is 5.93. The maximum Gasteiger partial charge on any atom is 0.287 e. The number of piperazine rings is 1. The van der Waals surface area contributed by atoms with E-state index in [4.69, 9.17) is 21.6 Å². The van der Waals surface area contributed by atoms with Crippen LogP contribution in [0.15, 0.2) is 15.8 Å². The largest absolute Gasteiger partial charge is 0.394 e. The maximum atomic E-state index is 12.5. The molecule has 1 fully saturated rings. The third-order valence-electron chi connectivity index (χ3n) is 5.66. The highest BCUT2D eigenvalue weighted by molar-refractivity contribution is 7.85. The van der Waals surface area contributed by atoms with Crippen molar-refractivity contribution in [2.75, 3.05) is 53.7 Å². The lowest BCUT2D eigenvalue weighted by Gasteiger charge is -2.36. The summed E-state index contributed by atoms with van der Waals surface area (Å²) < 4.78 is 12.5. The molecule has 0 aliphatic carbocycles. The monoisotopic (exact) mass is 467 g/mol. The molecule has 2 aliphatic heterocycles. The van der Waals surface area contributed by atoms with Gasteiger partial charge in [0.05, 0.1) is 29.1 Å². The first-order valence-electron chi connectivity index (χ1n) is 10.3. The van der Waals surface area contributed by atoms with E-state index in [1.54, 1.807) is 6.07 Å². The second-order valence-electron chi connectivity index (χ2n) is 8.00. The molecule has 1 unspecified atom stereocenters. The van der Waals surface area contributed by atoms with Crippen molar-refractivity contribution in [3.8, 4) is 0 Å². The highest BCUT2D eigenvalue weighted by atomic mass is 35.5. The number of nitrogens with one attached hydrogen (secondary N) is 2. The SMILES string of the molecule is CC(C)C(CO)Nc1nc(N2CCN(c3cc(Cl)n[nH]c3=O)CC2)nc2c1[S@@](=O)CC2. The van der Waals surface area contributed by atoms with Gasteiger partial charge in [-0.05, 0) is 5.92 Å². The van der Waals surface area contributed by atoms with Gasteiger partial charge in [0.15, 0.2) is 5.15 Å². The number of hydrogen-bond acceptors (Lipinski definition) is 9. The predicted molar refractivity (Wildman–Crippen MR) is 121 cm³/mol. The first-order valence-corrected chi connectivity index (χ1v) is 12.0. The normalized spacial score (nSPS) is 19.6. The summed E-state index contributed by atoms with van der Waals surface area (Å²) in [5.41, 5.74) is 1.02. The van der Waals surface area contributed by atoms with E-state index in [0.29, 0.717) is 60.7 Å². The molecular weight excluding hydrogens is 442 g/mol. The van der Waals surface area contributed by atoms with Gasteiger partial charge in [-0.15, -0.1) is 0 Å². The van der Waals surface area contributed by atoms with E-state index in [1.165, 1.54) is 0 Å². The van der Waals surface area contributed by atoms with Crippen LogP contribution in [-0.4, -0.2) is 74.1 Å². The number of halogens is 1. The number of aliphatic hydroxyl groups is 1. The summed E-state index contributed by atoms with van der Waals surface area (Å²) in [6.45, 7) is 6.43. The van der Waals surface area contributed by atoms with Crippen LogP contribution in [0.4, 0.5) is 17.5 Å². The van der Waals surface area contributed by atoms with Crippen molar-refractivity contribution in [1.29, 1.82) is 0 Å². The Morgan fingerprint density at radius 1 is 1.26 bits per heavy atom. The van der Waals surface area contributed by atoms with E-state index < -0.39 is 10.8 Å². The highest BCUT2D eigenvalue weighted by Crippen LogP contribution is 2.31. The van der Waals surface area contributed by atoms with Gasteiger partial charge in [0, 0.05) is 44.4 Å². The Bertz CT molecular complexity index is 1040. The van der Waals surface area contributed by atoms with E-state index in [2.05, 4.69) is 20.4 Å². The Balaban J connectivity index is 1.56. The summed E-state index contributed by atoms with van der Waals surface area (Å²) in [6.07, 6.45) is 0.641. The Morgan fingerprint density at radius 3 is 2.65 bits per heavy atom. The lowest BCUT2D eigenvalue weighted by molar-refractivity contribution is 0.249. The van der Waals surface area contributed by atoms with Crippen LogP contribution < -0.4 is 20.7 Å². The van der Waals surface area contributed by atoms with E-state index in [-0.39, 0.29) is 29.3 Å². The molecule has 31 heavy (non-hydrogen) atoms. The van der Waals surface area contributed by atoms with Gasteiger partial charge in [0.25, 0.3) is 5.56 Å². The van der Waals surface area contributed by atoms with Crippen molar-refractivity contribution in [2.24, 2.45) is 5.92 Å². The van der Waals surface area contributed by atoms with Gasteiger partial charge >= 0.3 is 0 Å². The zero-order valence-corrected chi connectivity index (χ0v) is 19.0. The summed E-state index contributed by atoms with van der Waals surface area (Å²) in [4.78, 5) is 26.2. The summed E-state index contributed by atoms with van der Waals surface area (Å²) in [7, 11) is -1.14. The van der Waals surface area contributed by atoms with Gasteiger partial charge in [0.1, 0.15) is 16.4 Å². The van der Waals surface area contributed by atoms with Crippen molar-refractivity contribution in [1.82, 2.24) is 20.2 Å². The molecule has 2 aromatic heterocycles. The van der Waals surface area contributed by atoms with Crippen LogP contribution in [0.3, 0.4) is 0 Å². The van der Waals surface area contributed by atoms with Crippen molar-refractivity contribution in [2.45, 2.75) is 31.2 Å². The van der Waals surface area contributed by atoms with Crippen LogP contribution in [0.25, 0.3) is 0 Å². The quantitative estimate of drug-likeness (QED) is 0.560. The molecule has 3 N–H and O–H groups in total. The van der Waals surface area contributed by atoms with Gasteiger partial charge < -0.3 is 20.2 Å². The molecule has 12 heteroatoms. The minimum absolute atomic E-state index is 0.0415. The van der Waals surface area contributed by atoms with Gasteiger partial charge in [-0.25, -0.2) is 10.1 Å². The fourth-order valence-electron chi connectivity index (χ4n) is 3.78. The van der Waals surface area contributed by atoms with Crippen LogP contribution >= 0.6 is 11.6 Å². The molecule has 0 spiro atoms. The Kier molecular flexibility index (Phi) is 6.44. The molecule has 4 heterocycles. The minimum Gasteiger partial charge on any atom is -0.394 e. The summed E-state index contributed by atoms with van der Waals surface area (Å²) in [5.74, 6) is 1.83. The molecule has 0 radical (unpaired) electrons. The second-order valence-corrected chi connectivity index (χ2v) is 9.90. The fraction of sp³-hybridized carbons (Fsp3) is 0.579. The first kappa shape index (κ1) is 22.0. The molecule has 168 valence electrons. The van der Waals surface area contributed by atoms with Crippen molar-refractivity contribution in [3.63, 3.8) is 0 Å². The molecule has 0 saturated carbocycles. The van der Waals surface area contributed by atoms with E-state index in [9.17, 15) is 14.1 Å². The topological polar surface area (TPSA) is 127 Å². The number of nitrogens with zero attached hydrogens (tertiary/aromatic N) is 5. The van der Waals surface area contributed by atoms with Gasteiger partial charge in [-0.2, -0.15) is 10.1 Å². The second kappa shape index (κ2) is 9.09. The molecule has 0 aromatic carbocycles. The van der Waals surface area contributed by atoms with Crippen LogP contribution in [-0.2, 0) is 17.2 Å². The molecular formula is C19H26ClN7O3S. The Labute approximate surface area is 187 Å². The lowest BCUT2D eigenvalue weighted by Crippen LogP contribution is -2.48. The highest BCUT2D eigenvalue weighted by Gasteiger charge is 2.30. The van der Waals surface area contributed by atoms with Crippen LogP contribution in [0.1, 0.15) is 19.5 Å². The fourth-order valence-corrected chi connectivity index (χ4v) is 5.24. The van der Waals surface area contributed by atoms with E-state index >= 15 is 0 Å². The zero-order valence-electron chi connectivity index (χ0n) is 17.5. The molecule has 2 aromatic rings. The maximum absolute atomic E-state index is 12.5. The number of aromatic nitrogens is 4. The van der Waals surface area contributed by atoms with Gasteiger partial charge in [0.2, 0.25) is 5.95 Å². The number of hydrogen-bond donors (Lipinski definition) is 3. The first-order chi connectivity index (χ1) is 14.9. The van der Waals surface area contributed by atoms with Crippen LogP contribution in [0.2, 0.25) is 5.15 Å². The number of aromatic amines is 1. The summed E-state index contributed by atoms with van der Waals surface area (Å²) in [6, 6.07) is 1.38. The number of anilines is 3. The van der Waals surface area contributed by atoms with Crippen LogP contribution in [0, 0.1) is 5.92 Å².